The highest BCUT2D eigenvalue weighted by molar-refractivity contribution is 5.13. The van der Waals surface area contributed by atoms with Gasteiger partial charge in [0.25, 0.3) is 5.56 Å². The van der Waals surface area contributed by atoms with Crippen LogP contribution in [0.15, 0.2) is 16.9 Å². The molecule has 0 bridgehead atoms. The first kappa shape index (κ1) is 8.05. The third-order valence-corrected chi connectivity index (χ3v) is 1.66. The Morgan fingerprint density at radius 3 is 2.73 bits per heavy atom. The number of hydrogen-bond acceptors (Lipinski definition) is 1. The number of H-pyrrole nitrogens is 1. The molecule has 1 N–H and O–H groups in total. The Bertz CT molecular complexity index is 288. The Kier molecular flexibility index (Phi) is 2.47. The zero-order chi connectivity index (χ0) is 8.27. The second-order valence-corrected chi connectivity index (χ2v) is 2.75. The minimum atomic E-state index is 0.0619. The van der Waals surface area contributed by atoms with Crippen LogP contribution in [0.5, 0.6) is 0 Å². The quantitative estimate of drug-likeness (QED) is 0.684. The largest absolute Gasteiger partial charge is 0.326 e. The van der Waals surface area contributed by atoms with E-state index in [2.05, 4.69) is 11.9 Å². The lowest BCUT2D eigenvalue weighted by Crippen LogP contribution is -2.12. The lowest BCUT2D eigenvalue weighted by molar-refractivity contribution is 0.895. The molecular weight excluding hydrogens is 138 g/mol. The maximum absolute atomic E-state index is 11.2. The molecule has 1 aromatic heterocycles. The molecule has 0 aromatic carbocycles. The van der Waals surface area contributed by atoms with Crippen LogP contribution in [0.25, 0.3) is 0 Å². The van der Waals surface area contributed by atoms with Gasteiger partial charge in [-0.25, -0.2) is 0 Å². The zero-order valence-corrected chi connectivity index (χ0v) is 6.98. The Morgan fingerprint density at radius 2 is 2.18 bits per heavy atom. The second-order valence-electron chi connectivity index (χ2n) is 2.75. The molecule has 60 valence electrons. The van der Waals surface area contributed by atoms with Gasteiger partial charge in [0.05, 0.1) is 0 Å². The molecule has 0 radical (unpaired) electrons. The van der Waals surface area contributed by atoms with E-state index in [0.717, 1.165) is 24.1 Å². The molecule has 0 saturated heterocycles. The van der Waals surface area contributed by atoms with Gasteiger partial charge in [-0.3, -0.25) is 4.79 Å². The van der Waals surface area contributed by atoms with Crippen LogP contribution < -0.4 is 5.56 Å². The van der Waals surface area contributed by atoms with Crippen molar-refractivity contribution in [2.45, 2.75) is 26.7 Å². The van der Waals surface area contributed by atoms with E-state index >= 15 is 0 Å². The van der Waals surface area contributed by atoms with Crippen LogP contribution in [0.4, 0.5) is 0 Å². The average Bonchev–Trinajstić information content (AvgIpc) is 1.95. The molecular formula is C9H13NO. The van der Waals surface area contributed by atoms with Crippen LogP contribution in [-0.4, -0.2) is 4.98 Å². The summed E-state index contributed by atoms with van der Waals surface area (Å²) in [7, 11) is 0. The standard InChI is InChI=1S/C9H13NO/c1-3-4-8-6-5-7(2)10-9(8)11/h5-6H,3-4H2,1-2H3,(H,10,11). The first-order chi connectivity index (χ1) is 5.24. The van der Waals surface area contributed by atoms with Crippen LogP contribution in [-0.2, 0) is 6.42 Å². The molecule has 1 heterocycles. The third kappa shape index (κ3) is 1.93. The zero-order valence-electron chi connectivity index (χ0n) is 6.98. The summed E-state index contributed by atoms with van der Waals surface area (Å²) in [6, 6.07) is 3.84. The van der Waals surface area contributed by atoms with Crippen molar-refractivity contribution in [3.05, 3.63) is 33.7 Å². The first-order valence-corrected chi connectivity index (χ1v) is 3.93. The summed E-state index contributed by atoms with van der Waals surface area (Å²) in [4.78, 5) is 13.9. The normalized spacial score (nSPS) is 10.0. The van der Waals surface area contributed by atoms with E-state index < -0.39 is 0 Å². The van der Waals surface area contributed by atoms with Crippen molar-refractivity contribution >= 4 is 0 Å². The van der Waals surface area contributed by atoms with Crippen molar-refractivity contribution in [1.29, 1.82) is 0 Å². The van der Waals surface area contributed by atoms with Crippen molar-refractivity contribution < 1.29 is 0 Å². The van der Waals surface area contributed by atoms with Crippen LogP contribution >= 0.6 is 0 Å². The number of aryl methyl sites for hydroxylation is 2. The monoisotopic (exact) mass is 151 g/mol. The van der Waals surface area contributed by atoms with Gasteiger partial charge in [0.15, 0.2) is 0 Å². The van der Waals surface area contributed by atoms with Gasteiger partial charge in [0.2, 0.25) is 0 Å². The van der Waals surface area contributed by atoms with Gasteiger partial charge in [-0.1, -0.05) is 19.4 Å². The van der Waals surface area contributed by atoms with E-state index in [1.807, 2.05) is 19.1 Å². The van der Waals surface area contributed by atoms with Crippen LogP contribution in [0.1, 0.15) is 24.6 Å². The summed E-state index contributed by atoms with van der Waals surface area (Å²) in [5.74, 6) is 0. The summed E-state index contributed by atoms with van der Waals surface area (Å²) in [5, 5.41) is 0. The fraction of sp³-hybridized carbons (Fsp3) is 0.444. The predicted octanol–water partition coefficient (Wildman–Crippen LogP) is 1.64. The van der Waals surface area contributed by atoms with Crippen molar-refractivity contribution in [3.63, 3.8) is 0 Å². The highest BCUT2D eigenvalue weighted by Crippen LogP contribution is 1.96. The smallest absolute Gasteiger partial charge is 0.251 e. The van der Waals surface area contributed by atoms with E-state index in [1.165, 1.54) is 0 Å². The molecule has 0 aliphatic heterocycles. The average molecular weight is 151 g/mol. The molecule has 11 heavy (non-hydrogen) atoms. The molecule has 0 unspecified atom stereocenters. The van der Waals surface area contributed by atoms with E-state index in [1.54, 1.807) is 0 Å². The van der Waals surface area contributed by atoms with Gasteiger partial charge >= 0.3 is 0 Å². The molecule has 0 fully saturated rings. The second kappa shape index (κ2) is 3.37. The van der Waals surface area contributed by atoms with Crippen LogP contribution in [0.3, 0.4) is 0 Å². The summed E-state index contributed by atoms with van der Waals surface area (Å²) in [6.07, 6.45) is 1.89. The first-order valence-electron chi connectivity index (χ1n) is 3.93. The fourth-order valence-corrected chi connectivity index (χ4v) is 1.07. The number of aromatic nitrogens is 1. The lowest BCUT2D eigenvalue weighted by Gasteiger charge is -1.97. The SMILES string of the molecule is CCCc1ccc(C)[nH]c1=O. The lowest BCUT2D eigenvalue weighted by atomic mass is 10.1. The highest BCUT2D eigenvalue weighted by atomic mass is 16.1. The van der Waals surface area contributed by atoms with Crippen molar-refractivity contribution in [2.75, 3.05) is 0 Å². The third-order valence-electron chi connectivity index (χ3n) is 1.66. The molecule has 1 rings (SSSR count). The Morgan fingerprint density at radius 1 is 1.45 bits per heavy atom. The number of nitrogens with one attached hydrogen (secondary N) is 1. The molecule has 0 spiro atoms. The number of pyridine rings is 1. The maximum Gasteiger partial charge on any atom is 0.251 e. The van der Waals surface area contributed by atoms with Crippen LogP contribution in [0, 0.1) is 6.92 Å². The molecule has 0 aliphatic rings. The number of rotatable bonds is 2. The number of aromatic amines is 1. The van der Waals surface area contributed by atoms with Crippen molar-refractivity contribution in [2.24, 2.45) is 0 Å². The summed E-state index contributed by atoms with van der Waals surface area (Å²) < 4.78 is 0. The minimum absolute atomic E-state index is 0.0619. The Hall–Kier alpha value is -1.05. The van der Waals surface area contributed by atoms with Gasteiger partial charge in [-0.05, 0) is 19.4 Å². The van der Waals surface area contributed by atoms with E-state index in [-0.39, 0.29) is 5.56 Å². The fourth-order valence-electron chi connectivity index (χ4n) is 1.07. The molecule has 0 saturated carbocycles. The highest BCUT2D eigenvalue weighted by Gasteiger charge is 1.96. The topological polar surface area (TPSA) is 32.9 Å². The van der Waals surface area contributed by atoms with E-state index in [9.17, 15) is 4.79 Å². The van der Waals surface area contributed by atoms with Gasteiger partial charge in [0, 0.05) is 11.3 Å². The molecule has 0 atom stereocenters. The Balaban J connectivity index is 3.00. The maximum atomic E-state index is 11.2. The Labute approximate surface area is 66.3 Å². The van der Waals surface area contributed by atoms with Crippen molar-refractivity contribution in [3.8, 4) is 0 Å². The molecule has 0 amide bonds. The van der Waals surface area contributed by atoms with Gasteiger partial charge in [-0.2, -0.15) is 0 Å². The molecule has 2 heteroatoms. The predicted molar refractivity (Wildman–Crippen MR) is 45.8 cm³/mol. The van der Waals surface area contributed by atoms with E-state index in [4.69, 9.17) is 0 Å². The van der Waals surface area contributed by atoms with E-state index in [0.29, 0.717) is 0 Å². The van der Waals surface area contributed by atoms with Gasteiger partial charge in [0.1, 0.15) is 0 Å². The minimum Gasteiger partial charge on any atom is -0.326 e. The van der Waals surface area contributed by atoms with Gasteiger partial charge < -0.3 is 4.98 Å². The molecule has 2 nitrogen and oxygen atoms in total. The molecule has 1 aromatic rings. The summed E-state index contributed by atoms with van der Waals surface area (Å²) in [6.45, 7) is 3.95. The molecule has 0 aliphatic carbocycles. The van der Waals surface area contributed by atoms with Gasteiger partial charge in [-0.15, -0.1) is 0 Å². The van der Waals surface area contributed by atoms with Crippen molar-refractivity contribution in [1.82, 2.24) is 4.98 Å². The van der Waals surface area contributed by atoms with Crippen LogP contribution in [0.2, 0.25) is 0 Å². The summed E-state index contributed by atoms with van der Waals surface area (Å²) in [5.41, 5.74) is 1.87. The number of hydrogen-bond donors (Lipinski definition) is 1. The summed E-state index contributed by atoms with van der Waals surface area (Å²) >= 11 is 0.